The van der Waals surface area contributed by atoms with Crippen molar-refractivity contribution < 1.29 is 0 Å². The summed E-state index contributed by atoms with van der Waals surface area (Å²) in [6.07, 6.45) is 1.10. The van der Waals surface area contributed by atoms with E-state index in [0.29, 0.717) is 5.92 Å². The van der Waals surface area contributed by atoms with E-state index in [2.05, 4.69) is 71.8 Å². The first-order chi connectivity index (χ1) is 10.1. The smallest absolute Gasteiger partial charge is 0.190 e. The molecular weight excluding hydrogens is 260 g/mol. The molecule has 0 fully saturated rings. The Labute approximate surface area is 129 Å². The summed E-state index contributed by atoms with van der Waals surface area (Å²) in [4.78, 5) is 6.57. The summed E-state index contributed by atoms with van der Waals surface area (Å²) in [7, 11) is 3.98. The van der Waals surface area contributed by atoms with Gasteiger partial charge in [-0.2, -0.15) is 0 Å². The van der Waals surface area contributed by atoms with Gasteiger partial charge in [-0.05, 0) is 31.5 Å². The van der Waals surface area contributed by atoms with E-state index in [1.807, 2.05) is 7.05 Å². The average molecular weight is 290 g/mol. The van der Waals surface area contributed by atoms with Crippen LogP contribution >= 0.6 is 0 Å². The molecule has 0 atom stereocenters. The highest BCUT2D eigenvalue weighted by atomic mass is 15.2. The number of benzene rings is 1. The lowest BCUT2D eigenvalue weighted by Crippen LogP contribution is -2.40. The van der Waals surface area contributed by atoms with Crippen molar-refractivity contribution in [3.05, 3.63) is 35.9 Å². The first-order valence-corrected chi connectivity index (χ1v) is 7.78. The van der Waals surface area contributed by atoms with Crippen LogP contribution in [-0.2, 0) is 6.54 Å². The van der Waals surface area contributed by atoms with Crippen LogP contribution in [0.2, 0.25) is 0 Å². The zero-order valence-corrected chi connectivity index (χ0v) is 13.9. The third-order valence-electron chi connectivity index (χ3n) is 3.21. The Morgan fingerprint density at radius 3 is 2.52 bits per heavy atom. The fourth-order valence-corrected chi connectivity index (χ4v) is 2.05. The fourth-order valence-electron chi connectivity index (χ4n) is 2.05. The van der Waals surface area contributed by atoms with E-state index in [-0.39, 0.29) is 0 Å². The molecule has 21 heavy (non-hydrogen) atoms. The minimum atomic E-state index is 0.626. The maximum Gasteiger partial charge on any atom is 0.190 e. The molecule has 0 radical (unpaired) electrons. The zero-order valence-electron chi connectivity index (χ0n) is 13.9. The van der Waals surface area contributed by atoms with Crippen LogP contribution in [0.3, 0.4) is 0 Å². The monoisotopic (exact) mass is 290 g/mol. The first-order valence-electron chi connectivity index (χ1n) is 7.78. The van der Waals surface area contributed by atoms with Gasteiger partial charge < -0.3 is 15.5 Å². The molecule has 0 heterocycles. The molecule has 0 bridgehead atoms. The molecule has 0 aliphatic heterocycles. The van der Waals surface area contributed by atoms with Gasteiger partial charge in [-0.3, -0.25) is 4.99 Å². The second-order valence-electron chi connectivity index (χ2n) is 5.85. The van der Waals surface area contributed by atoms with Gasteiger partial charge in [0.15, 0.2) is 5.96 Å². The largest absolute Gasteiger partial charge is 0.356 e. The van der Waals surface area contributed by atoms with Crippen molar-refractivity contribution in [3.63, 3.8) is 0 Å². The Balaban J connectivity index is 2.15. The zero-order chi connectivity index (χ0) is 15.5. The predicted molar refractivity (Wildman–Crippen MR) is 91.6 cm³/mol. The van der Waals surface area contributed by atoms with E-state index >= 15 is 0 Å². The fraction of sp³-hybridized carbons (Fsp3) is 0.588. The Bertz CT molecular complexity index is 401. The van der Waals surface area contributed by atoms with Crippen molar-refractivity contribution in [2.45, 2.75) is 26.8 Å². The topological polar surface area (TPSA) is 39.7 Å². The number of hydrogen-bond acceptors (Lipinski definition) is 2. The summed E-state index contributed by atoms with van der Waals surface area (Å²) in [6, 6.07) is 10.6. The summed E-state index contributed by atoms with van der Waals surface area (Å²) in [5.74, 6) is 1.52. The van der Waals surface area contributed by atoms with Crippen molar-refractivity contribution in [2.75, 3.05) is 33.7 Å². The second-order valence-corrected chi connectivity index (χ2v) is 5.85. The Morgan fingerprint density at radius 2 is 1.90 bits per heavy atom. The SMILES string of the molecule is CN=C(NCCCN(C)Cc1ccccc1)NCC(C)C. The van der Waals surface area contributed by atoms with Crippen LogP contribution < -0.4 is 10.6 Å². The molecule has 0 unspecified atom stereocenters. The van der Waals surface area contributed by atoms with Gasteiger partial charge in [0.05, 0.1) is 0 Å². The highest BCUT2D eigenvalue weighted by Crippen LogP contribution is 2.02. The highest BCUT2D eigenvalue weighted by molar-refractivity contribution is 5.79. The van der Waals surface area contributed by atoms with Crippen LogP contribution in [0.15, 0.2) is 35.3 Å². The summed E-state index contributed by atoms with van der Waals surface area (Å²) in [5.41, 5.74) is 1.36. The molecule has 1 aromatic rings. The minimum Gasteiger partial charge on any atom is -0.356 e. The Hall–Kier alpha value is -1.55. The molecule has 0 aromatic heterocycles. The lowest BCUT2D eigenvalue weighted by atomic mass is 10.2. The lowest BCUT2D eigenvalue weighted by molar-refractivity contribution is 0.322. The van der Waals surface area contributed by atoms with Crippen molar-refractivity contribution in [1.82, 2.24) is 15.5 Å². The maximum absolute atomic E-state index is 4.23. The molecule has 0 aliphatic carbocycles. The second kappa shape index (κ2) is 10.2. The van der Waals surface area contributed by atoms with Gasteiger partial charge in [0.25, 0.3) is 0 Å². The Kier molecular flexibility index (Phi) is 8.51. The number of nitrogens with zero attached hydrogens (tertiary/aromatic N) is 2. The van der Waals surface area contributed by atoms with Crippen LogP contribution in [0.5, 0.6) is 0 Å². The standard InChI is InChI=1S/C17H30N4/c1-15(2)13-20-17(18-3)19-11-8-12-21(4)14-16-9-6-5-7-10-16/h5-7,9-10,15H,8,11-14H2,1-4H3,(H2,18,19,20). The number of guanidine groups is 1. The van der Waals surface area contributed by atoms with Crippen molar-refractivity contribution in [2.24, 2.45) is 10.9 Å². The molecule has 1 rings (SSSR count). The molecule has 0 amide bonds. The normalized spacial score (nSPS) is 12.0. The Morgan fingerprint density at radius 1 is 1.19 bits per heavy atom. The number of nitrogens with one attached hydrogen (secondary N) is 2. The van der Waals surface area contributed by atoms with Gasteiger partial charge in [-0.25, -0.2) is 0 Å². The van der Waals surface area contributed by atoms with E-state index in [1.54, 1.807) is 0 Å². The molecule has 0 saturated carbocycles. The molecule has 1 aromatic carbocycles. The van der Waals surface area contributed by atoms with Gasteiger partial charge in [0.1, 0.15) is 0 Å². The molecule has 0 saturated heterocycles. The average Bonchev–Trinajstić information content (AvgIpc) is 2.47. The van der Waals surface area contributed by atoms with Crippen LogP contribution in [0.1, 0.15) is 25.8 Å². The minimum absolute atomic E-state index is 0.626. The van der Waals surface area contributed by atoms with E-state index in [1.165, 1.54) is 5.56 Å². The van der Waals surface area contributed by atoms with Crippen molar-refractivity contribution >= 4 is 5.96 Å². The molecule has 2 N–H and O–H groups in total. The van der Waals surface area contributed by atoms with E-state index in [4.69, 9.17) is 0 Å². The van der Waals surface area contributed by atoms with Gasteiger partial charge in [-0.15, -0.1) is 0 Å². The quantitative estimate of drug-likeness (QED) is 0.438. The lowest BCUT2D eigenvalue weighted by Gasteiger charge is -2.18. The molecule has 0 aliphatic rings. The molecule has 0 spiro atoms. The van der Waals surface area contributed by atoms with E-state index < -0.39 is 0 Å². The summed E-state index contributed by atoms with van der Waals surface area (Å²) in [6.45, 7) is 8.35. The van der Waals surface area contributed by atoms with Gasteiger partial charge in [-0.1, -0.05) is 44.2 Å². The predicted octanol–water partition coefficient (Wildman–Crippen LogP) is 2.33. The maximum atomic E-state index is 4.23. The summed E-state index contributed by atoms with van der Waals surface area (Å²) < 4.78 is 0. The molecular formula is C17H30N4. The third-order valence-corrected chi connectivity index (χ3v) is 3.21. The van der Waals surface area contributed by atoms with Crippen molar-refractivity contribution in [1.29, 1.82) is 0 Å². The first kappa shape index (κ1) is 17.5. The van der Waals surface area contributed by atoms with Crippen LogP contribution in [0.4, 0.5) is 0 Å². The molecule has 4 nitrogen and oxygen atoms in total. The van der Waals surface area contributed by atoms with Crippen LogP contribution in [-0.4, -0.2) is 44.6 Å². The number of hydrogen-bond donors (Lipinski definition) is 2. The van der Waals surface area contributed by atoms with E-state index in [9.17, 15) is 0 Å². The summed E-state index contributed by atoms with van der Waals surface area (Å²) in [5, 5.41) is 6.68. The van der Waals surface area contributed by atoms with Crippen molar-refractivity contribution in [3.8, 4) is 0 Å². The van der Waals surface area contributed by atoms with Gasteiger partial charge in [0.2, 0.25) is 0 Å². The number of rotatable bonds is 8. The van der Waals surface area contributed by atoms with Gasteiger partial charge in [0, 0.05) is 26.7 Å². The van der Waals surface area contributed by atoms with Gasteiger partial charge >= 0.3 is 0 Å². The number of aliphatic imine (C=N–C) groups is 1. The van der Waals surface area contributed by atoms with Crippen LogP contribution in [0.25, 0.3) is 0 Å². The van der Waals surface area contributed by atoms with Crippen LogP contribution in [0, 0.1) is 5.92 Å². The third kappa shape index (κ3) is 8.35. The van der Waals surface area contributed by atoms with E-state index in [0.717, 1.165) is 38.6 Å². The summed E-state index contributed by atoms with van der Waals surface area (Å²) >= 11 is 0. The highest BCUT2D eigenvalue weighted by Gasteiger charge is 2.01. The molecule has 4 heteroatoms. The molecule has 118 valence electrons.